The van der Waals surface area contributed by atoms with Crippen molar-refractivity contribution >= 4 is 39.0 Å². The number of aromatic nitrogens is 2. The largest absolute Gasteiger partial charge is 0.485 e. The number of sulfonamides is 1. The fourth-order valence-electron chi connectivity index (χ4n) is 2.36. The highest BCUT2D eigenvalue weighted by molar-refractivity contribution is 7.92. The van der Waals surface area contributed by atoms with Gasteiger partial charge in [-0.3, -0.25) is 9.71 Å². The number of anilines is 1. The molecule has 9 heteroatoms. The van der Waals surface area contributed by atoms with Crippen LogP contribution in [-0.4, -0.2) is 24.1 Å². The van der Waals surface area contributed by atoms with E-state index < -0.39 is 10.0 Å². The minimum Gasteiger partial charge on any atom is -0.485 e. The maximum Gasteiger partial charge on any atom is 0.234 e. The Morgan fingerprint density at radius 1 is 0.964 bits per heavy atom. The summed E-state index contributed by atoms with van der Waals surface area (Å²) in [4.78, 5) is 8.21. The van der Waals surface area contributed by atoms with Crippen LogP contribution in [0.4, 0.5) is 5.82 Å². The Morgan fingerprint density at radius 2 is 1.79 bits per heavy atom. The van der Waals surface area contributed by atoms with E-state index in [-0.39, 0.29) is 18.2 Å². The van der Waals surface area contributed by atoms with Crippen LogP contribution in [0.5, 0.6) is 5.75 Å². The zero-order chi connectivity index (χ0) is 20.0. The summed E-state index contributed by atoms with van der Waals surface area (Å²) < 4.78 is 33.0. The summed E-state index contributed by atoms with van der Waals surface area (Å²) in [7, 11) is -3.62. The molecule has 0 amide bonds. The third-order valence-electron chi connectivity index (χ3n) is 3.75. The van der Waals surface area contributed by atoms with Gasteiger partial charge in [0.05, 0.1) is 15.8 Å². The van der Waals surface area contributed by atoms with Gasteiger partial charge in [-0.25, -0.2) is 13.4 Å². The Morgan fingerprint density at radius 3 is 2.54 bits per heavy atom. The molecule has 0 saturated carbocycles. The average molecular weight is 438 g/mol. The summed E-state index contributed by atoms with van der Waals surface area (Å²) in [6.07, 6.45) is 3.41. The number of hydrogen-bond donors (Lipinski definition) is 1. The summed E-state index contributed by atoms with van der Waals surface area (Å²) in [5.41, 5.74) is 1.49. The van der Waals surface area contributed by atoms with Crippen LogP contribution in [0.25, 0.3) is 0 Å². The number of hydrogen-bond acceptors (Lipinski definition) is 5. The van der Waals surface area contributed by atoms with E-state index in [1.54, 1.807) is 48.7 Å². The smallest absolute Gasteiger partial charge is 0.234 e. The maximum absolute atomic E-state index is 12.4. The fraction of sp³-hybridized carbons (Fsp3) is 0.158. The van der Waals surface area contributed by atoms with Crippen LogP contribution in [0.15, 0.2) is 60.9 Å². The molecule has 6 nitrogen and oxygen atoms in total. The molecule has 2 aromatic heterocycles. The lowest BCUT2D eigenvalue weighted by Crippen LogP contribution is -2.19. The number of pyridine rings is 2. The van der Waals surface area contributed by atoms with Gasteiger partial charge in [0.1, 0.15) is 6.61 Å². The SMILES string of the molecule is O=S(=O)(CCc1ccccn1)Nc1ncccc1OCc1ccc(Cl)c(Cl)c1. The monoisotopic (exact) mass is 437 g/mol. The first-order valence-electron chi connectivity index (χ1n) is 8.35. The molecule has 0 aliphatic carbocycles. The van der Waals surface area contributed by atoms with E-state index in [9.17, 15) is 8.42 Å². The molecule has 0 atom stereocenters. The van der Waals surface area contributed by atoms with Crippen LogP contribution in [0.1, 0.15) is 11.3 Å². The number of rotatable bonds is 8. The van der Waals surface area contributed by atoms with Crippen LogP contribution in [-0.2, 0) is 23.1 Å². The molecule has 2 heterocycles. The average Bonchev–Trinajstić information content (AvgIpc) is 2.69. The van der Waals surface area contributed by atoms with Gasteiger partial charge in [0.15, 0.2) is 11.6 Å². The van der Waals surface area contributed by atoms with Crippen LogP contribution in [0.3, 0.4) is 0 Å². The predicted molar refractivity (Wildman–Crippen MR) is 110 cm³/mol. The molecular formula is C19H17Cl2N3O3S. The molecule has 0 unspecified atom stereocenters. The van der Waals surface area contributed by atoms with Crippen LogP contribution in [0, 0.1) is 0 Å². The second-order valence-electron chi connectivity index (χ2n) is 5.88. The molecular weight excluding hydrogens is 421 g/mol. The van der Waals surface area contributed by atoms with Crippen molar-refractivity contribution in [1.82, 2.24) is 9.97 Å². The van der Waals surface area contributed by atoms with Gasteiger partial charge in [0.2, 0.25) is 10.0 Å². The van der Waals surface area contributed by atoms with E-state index in [1.165, 1.54) is 6.20 Å². The molecule has 28 heavy (non-hydrogen) atoms. The molecule has 1 N–H and O–H groups in total. The zero-order valence-corrected chi connectivity index (χ0v) is 17.0. The molecule has 0 aliphatic heterocycles. The van der Waals surface area contributed by atoms with Crippen molar-refractivity contribution in [2.24, 2.45) is 0 Å². The van der Waals surface area contributed by atoms with Gasteiger partial charge in [0.25, 0.3) is 0 Å². The summed E-state index contributed by atoms with van der Waals surface area (Å²) in [5, 5.41) is 0.873. The lowest BCUT2D eigenvalue weighted by molar-refractivity contribution is 0.307. The van der Waals surface area contributed by atoms with Crippen LogP contribution >= 0.6 is 23.2 Å². The third kappa shape index (κ3) is 5.82. The predicted octanol–water partition coefficient (Wildman–Crippen LogP) is 4.35. The lowest BCUT2D eigenvalue weighted by atomic mass is 10.2. The molecule has 0 bridgehead atoms. The van der Waals surface area contributed by atoms with Gasteiger partial charge < -0.3 is 4.74 Å². The Bertz CT molecular complexity index is 1050. The molecule has 3 aromatic rings. The first-order chi connectivity index (χ1) is 13.4. The van der Waals surface area contributed by atoms with E-state index >= 15 is 0 Å². The Labute approximate surface area is 173 Å². The van der Waals surface area contributed by atoms with E-state index in [1.807, 2.05) is 6.07 Å². The highest BCUT2D eigenvalue weighted by Gasteiger charge is 2.15. The van der Waals surface area contributed by atoms with E-state index in [0.29, 0.717) is 27.9 Å². The van der Waals surface area contributed by atoms with E-state index in [2.05, 4.69) is 14.7 Å². The summed E-state index contributed by atoms with van der Waals surface area (Å²) in [5.74, 6) is 0.325. The Balaban J connectivity index is 1.66. The number of benzene rings is 1. The van der Waals surface area contributed by atoms with Gasteiger partial charge in [-0.1, -0.05) is 35.3 Å². The molecule has 0 spiro atoms. The van der Waals surface area contributed by atoms with Crippen molar-refractivity contribution in [2.45, 2.75) is 13.0 Å². The minimum absolute atomic E-state index is 0.118. The number of nitrogens with zero attached hydrogens (tertiary/aromatic N) is 2. The Hall–Kier alpha value is -2.35. The topological polar surface area (TPSA) is 81.2 Å². The quantitative estimate of drug-likeness (QED) is 0.566. The zero-order valence-electron chi connectivity index (χ0n) is 14.7. The molecule has 146 valence electrons. The van der Waals surface area contributed by atoms with Gasteiger partial charge >= 0.3 is 0 Å². The first kappa shape index (κ1) is 20.4. The number of nitrogens with one attached hydrogen (secondary N) is 1. The molecule has 1 aromatic carbocycles. The molecule has 0 radical (unpaired) electrons. The van der Waals surface area contributed by atoms with Crippen molar-refractivity contribution in [3.63, 3.8) is 0 Å². The maximum atomic E-state index is 12.4. The van der Waals surface area contributed by atoms with E-state index in [4.69, 9.17) is 27.9 Å². The number of aryl methyl sites for hydroxylation is 1. The molecule has 0 fully saturated rings. The Kier molecular flexibility index (Phi) is 6.72. The number of halogens is 2. The molecule has 3 rings (SSSR count). The number of ether oxygens (including phenoxy) is 1. The normalized spacial score (nSPS) is 11.2. The minimum atomic E-state index is -3.62. The highest BCUT2D eigenvalue weighted by Crippen LogP contribution is 2.26. The van der Waals surface area contributed by atoms with Gasteiger partial charge in [-0.15, -0.1) is 0 Å². The van der Waals surface area contributed by atoms with Crippen molar-refractivity contribution in [3.05, 3.63) is 82.2 Å². The summed E-state index contributed by atoms with van der Waals surface area (Å²) >= 11 is 11.9. The van der Waals surface area contributed by atoms with Gasteiger partial charge in [-0.2, -0.15) is 0 Å². The van der Waals surface area contributed by atoms with Crippen molar-refractivity contribution < 1.29 is 13.2 Å². The first-order valence-corrected chi connectivity index (χ1v) is 10.8. The highest BCUT2D eigenvalue weighted by atomic mass is 35.5. The van der Waals surface area contributed by atoms with Crippen LogP contribution < -0.4 is 9.46 Å². The van der Waals surface area contributed by atoms with Crippen molar-refractivity contribution in [2.75, 3.05) is 10.5 Å². The second kappa shape index (κ2) is 9.23. The van der Waals surface area contributed by atoms with Crippen molar-refractivity contribution in [1.29, 1.82) is 0 Å². The van der Waals surface area contributed by atoms with E-state index in [0.717, 1.165) is 5.56 Å². The summed E-state index contributed by atoms with van der Waals surface area (Å²) in [6, 6.07) is 13.8. The summed E-state index contributed by atoms with van der Waals surface area (Å²) in [6.45, 7) is 0.186. The fourth-order valence-corrected chi connectivity index (χ4v) is 3.71. The van der Waals surface area contributed by atoms with Gasteiger partial charge in [0, 0.05) is 24.5 Å². The van der Waals surface area contributed by atoms with Gasteiger partial charge in [-0.05, 0) is 42.0 Å². The van der Waals surface area contributed by atoms with Crippen LogP contribution in [0.2, 0.25) is 10.0 Å². The molecule has 0 aliphatic rings. The lowest BCUT2D eigenvalue weighted by Gasteiger charge is -2.13. The van der Waals surface area contributed by atoms with Crippen molar-refractivity contribution in [3.8, 4) is 5.75 Å². The third-order valence-corrected chi connectivity index (χ3v) is 5.74. The second-order valence-corrected chi connectivity index (χ2v) is 8.54. The molecule has 0 saturated heterocycles. The standard InChI is InChI=1S/C19H17Cl2N3O3S/c20-16-7-6-14(12-17(16)21)13-27-18-5-3-10-23-19(18)24-28(25,26)11-8-15-4-1-2-9-22-15/h1-7,9-10,12H,8,11,13H2,(H,23,24).